The number of aliphatic hydroxyl groups excluding tert-OH is 15. The van der Waals surface area contributed by atoms with Crippen LogP contribution in [0.15, 0.2) is 0 Å². The van der Waals surface area contributed by atoms with Crippen molar-refractivity contribution >= 4 is 11.8 Å². The number of hydrogen-bond acceptors (Lipinski definition) is 22. The zero-order valence-corrected chi connectivity index (χ0v) is 24.2. The maximum atomic E-state index is 12.6. The summed E-state index contributed by atoms with van der Waals surface area (Å²) < 4.78 is 20.7. The van der Waals surface area contributed by atoms with E-state index in [0.717, 1.165) is 0 Å². The highest BCUT2D eigenvalue weighted by Gasteiger charge is 2.58. The first-order chi connectivity index (χ1) is 21.8. The Morgan fingerprint density at radius 2 is 1.15 bits per heavy atom. The van der Waals surface area contributed by atoms with Gasteiger partial charge in [0.1, 0.15) is 91.6 Å². The Balaban J connectivity index is 2.06. The van der Waals surface area contributed by atoms with Crippen molar-refractivity contribution in [3.63, 3.8) is 0 Å². The average Bonchev–Trinajstić information content (AvgIpc) is 3.06. The molecule has 4 unspecified atom stereocenters. The molecule has 0 amide bonds. The molecule has 0 radical (unpaired) electrons. The second-order valence-electron chi connectivity index (χ2n) is 11.0. The first-order valence-electron chi connectivity index (χ1n) is 13.9. The molecule has 18 atom stereocenters. The molecule has 0 aliphatic carbocycles. The Labute approximate surface area is 263 Å². The van der Waals surface area contributed by atoms with Crippen LogP contribution in [0.25, 0.3) is 0 Å². The zero-order chi connectivity index (χ0) is 36.1. The van der Waals surface area contributed by atoms with Crippen molar-refractivity contribution in [2.24, 2.45) is 0 Å². The van der Waals surface area contributed by atoms with Gasteiger partial charge in [0.2, 0.25) is 5.78 Å². The molecule has 0 aromatic carbocycles. The number of carboxylic acids is 1. The fraction of sp³-hybridized carbons (Fsp3) is 0.917. The van der Waals surface area contributed by atoms with Crippen molar-refractivity contribution in [1.29, 1.82) is 0 Å². The standard InChI is InChI=1S/C24H42O23/c25-1-5(27)10(30)19(39)24(43,23(41)42)20(40)16(36)13(33)9(29)6(28)3-44-21-18(38)15(35)12(32)8(47-21)4-45-22-17(37)14(34)11(31)7(2-26)46-22/h5-19,21-22,25-39,43H,1-4H2,(H,41,42)/t5?,6-,7-,8-,9-,10?,11-,12-,13+,14+,15+,16-,17-,18-,19?,21+,22+,24?/m1/s1. The largest absolute Gasteiger partial charge is 0.479 e. The number of ketones is 1. The maximum Gasteiger partial charge on any atom is 0.346 e. The van der Waals surface area contributed by atoms with Crippen molar-refractivity contribution in [2.45, 2.75) is 110 Å². The molecule has 23 nitrogen and oxygen atoms in total. The Kier molecular flexibility index (Phi) is 15.3. The third kappa shape index (κ3) is 8.93. The van der Waals surface area contributed by atoms with Crippen molar-refractivity contribution in [3.8, 4) is 0 Å². The highest BCUT2D eigenvalue weighted by molar-refractivity contribution is 6.09. The molecule has 2 aliphatic heterocycles. The lowest BCUT2D eigenvalue weighted by molar-refractivity contribution is -0.333. The first kappa shape index (κ1) is 41.5. The molecule has 0 spiro atoms. The van der Waals surface area contributed by atoms with Gasteiger partial charge >= 0.3 is 5.97 Å². The van der Waals surface area contributed by atoms with E-state index in [2.05, 4.69) is 0 Å². The number of ether oxygens (including phenoxy) is 4. The number of rotatable bonds is 17. The second-order valence-corrected chi connectivity index (χ2v) is 11.0. The fourth-order valence-electron chi connectivity index (χ4n) is 4.62. The van der Waals surface area contributed by atoms with Crippen LogP contribution in [0.4, 0.5) is 0 Å². The van der Waals surface area contributed by atoms with Gasteiger partial charge < -0.3 is 106 Å². The van der Waals surface area contributed by atoms with Crippen LogP contribution in [-0.4, -0.2) is 235 Å². The van der Waals surface area contributed by atoms with E-state index in [1.807, 2.05) is 0 Å². The molecule has 2 aliphatic rings. The van der Waals surface area contributed by atoms with Crippen molar-refractivity contribution < 1.29 is 115 Å². The second kappa shape index (κ2) is 17.3. The van der Waals surface area contributed by atoms with Crippen LogP contribution in [0.2, 0.25) is 0 Å². The lowest BCUT2D eigenvalue weighted by Gasteiger charge is -2.42. The summed E-state index contributed by atoms with van der Waals surface area (Å²) >= 11 is 0. The normalized spacial score (nSPS) is 37.5. The lowest BCUT2D eigenvalue weighted by atomic mass is 9.82. The monoisotopic (exact) mass is 698 g/mol. The number of carboxylic acid groups (broad SMARTS) is 1. The van der Waals surface area contributed by atoms with E-state index in [-0.39, 0.29) is 0 Å². The number of aliphatic carboxylic acids is 1. The smallest absolute Gasteiger partial charge is 0.346 e. The predicted molar refractivity (Wildman–Crippen MR) is 139 cm³/mol. The Bertz CT molecular complexity index is 1000. The molecule has 0 aromatic rings. The van der Waals surface area contributed by atoms with E-state index in [9.17, 15) is 91.3 Å². The highest BCUT2D eigenvalue weighted by Crippen LogP contribution is 2.27. The minimum absolute atomic E-state index is 0.756. The Morgan fingerprint density at radius 1 is 0.660 bits per heavy atom. The SMILES string of the molecule is O=C(O)C(O)(C(=O)[C@H](O)[C@@H](O)[C@H](O)[C@H](O)CO[C@H]1O[C@H](CO[C@H]2O[C@H](CO)[C@@H](O)[C@H](O)[C@H]2O)[C@@H](O)[C@H](O)[C@H]1O)C(O)C(O)C(O)CO. The molecular weight excluding hydrogens is 656 g/mol. The summed E-state index contributed by atoms with van der Waals surface area (Å²) in [5, 5.41) is 168. The molecule has 2 rings (SSSR count). The number of aliphatic hydroxyl groups is 16. The Morgan fingerprint density at radius 3 is 1.64 bits per heavy atom. The van der Waals surface area contributed by atoms with Gasteiger partial charge in [-0.1, -0.05) is 0 Å². The number of carbonyl (C=O) groups is 2. The molecule has 47 heavy (non-hydrogen) atoms. The molecule has 276 valence electrons. The number of hydrogen-bond donors (Lipinski definition) is 17. The fourth-order valence-corrected chi connectivity index (χ4v) is 4.62. The highest BCUT2D eigenvalue weighted by atomic mass is 16.7. The van der Waals surface area contributed by atoms with Crippen LogP contribution in [0.3, 0.4) is 0 Å². The molecule has 0 aromatic heterocycles. The number of Topliss-reactive ketones (excluding diaryl/α,β-unsaturated/α-hetero) is 1. The van der Waals surface area contributed by atoms with E-state index in [1.54, 1.807) is 0 Å². The van der Waals surface area contributed by atoms with Crippen LogP contribution >= 0.6 is 0 Å². The van der Waals surface area contributed by atoms with Gasteiger partial charge in [-0.05, 0) is 0 Å². The minimum Gasteiger partial charge on any atom is -0.479 e. The van der Waals surface area contributed by atoms with Gasteiger partial charge in [-0.25, -0.2) is 4.79 Å². The van der Waals surface area contributed by atoms with Gasteiger partial charge in [-0.2, -0.15) is 0 Å². The first-order valence-corrected chi connectivity index (χ1v) is 13.9. The molecule has 17 N–H and O–H groups in total. The van der Waals surface area contributed by atoms with E-state index in [4.69, 9.17) is 24.1 Å². The Hall–Kier alpha value is -1.66. The summed E-state index contributed by atoms with van der Waals surface area (Å²) in [4.78, 5) is 24.2. The predicted octanol–water partition coefficient (Wildman–Crippen LogP) is -11.5. The summed E-state index contributed by atoms with van der Waals surface area (Å²) in [5.41, 5.74) is -4.14. The van der Waals surface area contributed by atoms with Crippen LogP contribution in [0.5, 0.6) is 0 Å². The van der Waals surface area contributed by atoms with Crippen LogP contribution in [-0.2, 0) is 28.5 Å². The molecule has 0 bridgehead atoms. The summed E-state index contributed by atoms with van der Waals surface area (Å²) in [6, 6.07) is 0. The maximum absolute atomic E-state index is 12.6. The van der Waals surface area contributed by atoms with Gasteiger partial charge in [0.15, 0.2) is 12.6 Å². The molecular formula is C24H42O23. The van der Waals surface area contributed by atoms with Crippen molar-refractivity contribution in [3.05, 3.63) is 0 Å². The number of carbonyl (C=O) groups excluding carboxylic acids is 1. The van der Waals surface area contributed by atoms with Crippen LogP contribution in [0.1, 0.15) is 0 Å². The van der Waals surface area contributed by atoms with E-state index in [1.165, 1.54) is 0 Å². The van der Waals surface area contributed by atoms with Gasteiger partial charge in [-0.3, -0.25) is 4.79 Å². The topological polar surface area (TPSA) is 415 Å². The van der Waals surface area contributed by atoms with Crippen LogP contribution < -0.4 is 0 Å². The van der Waals surface area contributed by atoms with E-state index >= 15 is 0 Å². The minimum atomic E-state index is -4.14. The molecule has 2 saturated heterocycles. The lowest BCUT2D eigenvalue weighted by Crippen LogP contribution is -2.66. The van der Waals surface area contributed by atoms with Crippen molar-refractivity contribution in [1.82, 2.24) is 0 Å². The summed E-state index contributed by atoms with van der Waals surface area (Å²) in [6.45, 7) is -3.98. The van der Waals surface area contributed by atoms with Gasteiger partial charge in [0.25, 0.3) is 5.60 Å². The quantitative estimate of drug-likeness (QED) is 0.0627. The van der Waals surface area contributed by atoms with Gasteiger partial charge in [-0.15, -0.1) is 0 Å². The summed E-state index contributed by atoms with van der Waals surface area (Å²) in [7, 11) is 0. The summed E-state index contributed by atoms with van der Waals surface area (Å²) in [6.07, 6.45) is -36.9. The molecule has 23 heteroatoms. The summed E-state index contributed by atoms with van der Waals surface area (Å²) in [5.74, 6) is -4.94. The van der Waals surface area contributed by atoms with Crippen LogP contribution in [0, 0.1) is 0 Å². The third-order valence-electron chi connectivity index (χ3n) is 7.74. The van der Waals surface area contributed by atoms with Gasteiger partial charge in [0, 0.05) is 0 Å². The zero-order valence-electron chi connectivity index (χ0n) is 24.2. The third-order valence-corrected chi connectivity index (χ3v) is 7.74. The van der Waals surface area contributed by atoms with E-state index < -0.39 is 148 Å². The molecule has 0 saturated carbocycles. The van der Waals surface area contributed by atoms with Crippen molar-refractivity contribution in [2.75, 3.05) is 26.4 Å². The molecule has 2 fully saturated rings. The van der Waals surface area contributed by atoms with Gasteiger partial charge in [0.05, 0.1) is 26.4 Å². The van der Waals surface area contributed by atoms with E-state index in [0.29, 0.717) is 0 Å². The molecule has 2 heterocycles. The average molecular weight is 699 g/mol.